The van der Waals surface area contributed by atoms with Crippen molar-refractivity contribution in [3.63, 3.8) is 0 Å². The van der Waals surface area contributed by atoms with Crippen LogP contribution in [0.25, 0.3) is 0 Å². The molecular weight excluding hydrogens is 129 g/mol. The third kappa shape index (κ3) is 19.0. The van der Waals surface area contributed by atoms with Crippen LogP contribution in [0.5, 0.6) is 0 Å². The topological polar surface area (TPSA) is 17.1 Å². The van der Waals surface area contributed by atoms with Crippen molar-refractivity contribution in [3.05, 3.63) is 0 Å². The first-order valence-electron chi connectivity index (χ1n) is 0.503. The van der Waals surface area contributed by atoms with Crippen molar-refractivity contribution in [2.45, 2.75) is 0 Å². The molecule has 0 aromatic heterocycles. The maximum atomic E-state index is 7.75. The van der Waals surface area contributed by atoms with E-state index < -0.39 is 0 Å². The molecular formula is CH2ClOZn+. The molecule has 0 aromatic rings. The fraction of sp³-hybridized carbons (Fsp3) is 0. The molecule has 1 nitrogen and oxygen atoms in total. The summed E-state index contributed by atoms with van der Waals surface area (Å²) in [4.78, 5) is 7.75. The van der Waals surface area contributed by atoms with Gasteiger partial charge in [-0.2, -0.15) is 0 Å². The number of rotatable bonds is 0. The summed E-state index contributed by atoms with van der Waals surface area (Å²) in [6, 6.07) is 0. The second-order valence-electron chi connectivity index (χ2n) is 0. The Morgan fingerprint density at radius 3 is 1.75 bits per heavy atom. The third-order valence-electron chi connectivity index (χ3n) is 0. The van der Waals surface area contributed by atoms with E-state index in [2.05, 4.69) is 6.79 Å². The average Bonchev–Trinajstić information content (AvgIpc) is 1.50. The molecule has 0 rings (SSSR count). The zero-order valence-corrected chi connectivity index (χ0v) is 5.79. The second-order valence-corrected chi connectivity index (χ2v) is 0. The van der Waals surface area contributed by atoms with Crippen LogP contribution < -0.4 is 0 Å². The van der Waals surface area contributed by atoms with Gasteiger partial charge in [-0.1, -0.05) is 0 Å². The molecule has 0 saturated carbocycles. The summed E-state index contributed by atoms with van der Waals surface area (Å²) < 4.78 is 0. The molecule has 0 aliphatic rings. The van der Waals surface area contributed by atoms with Crippen LogP contribution in [-0.2, 0) is 22.1 Å². The maximum Gasteiger partial charge on any atom is 1.00 e. The van der Waals surface area contributed by atoms with Crippen LogP contribution in [0.3, 0.4) is 0 Å². The SMILES string of the molecule is [CH-]=O.[Cl][Zn+].[H+]. The third-order valence-corrected chi connectivity index (χ3v) is 0. The van der Waals surface area contributed by atoms with Crippen LogP contribution in [0.2, 0.25) is 0 Å². The van der Waals surface area contributed by atoms with E-state index in [1.165, 1.54) is 0 Å². The minimum absolute atomic E-state index is 0. The van der Waals surface area contributed by atoms with E-state index >= 15 is 0 Å². The summed E-state index contributed by atoms with van der Waals surface area (Å²) in [5.74, 6) is 0. The van der Waals surface area contributed by atoms with E-state index in [9.17, 15) is 0 Å². The van der Waals surface area contributed by atoms with Gasteiger partial charge in [0.15, 0.2) is 0 Å². The Kier molecular flexibility index (Phi) is 155. The first-order chi connectivity index (χ1) is 2.00. The van der Waals surface area contributed by atoms with E-state index in [1.807, 2.05) is 0 Å². The summed E-state index contributed by atoms with van der Waals surface area (Å²) in [7, 11) is 4.76. The van der Waals surface area contributed by atoms with Gasteiger partial charge in [0.2, 0.25) is 0 Å². The minimum Gasteiger partial charge on any atom is 1.00 e. The Bertz CT molecular complexity index is 11.6. The maximum absolute atomic E-state index is 7.75. The van der Waals surface area contributed by atoms with E-state index in [4.69, 9.17) is 14.5 Å². The molecule has 0 fully saturated rings. The first kappa shape index (κ1) is 8.82. The Morgan fingerprint density at radius 2 is 1.75 bits per heavy atom. The molecule has 20 valence electrons. The predicted octanol–water partition coefficient (Wildman–Crippen LogP) is 0.525. The zero-order valence-electron chi connectivity index (χ0n) is 3.07. The van der Waals surface area contributed by atoms with Crippen molar-refractivity contribution in [1.82, 2.24) is 0 Å². The Hall–Kier alpha value is 0.583. The Balaban J connectivity index is -0.0000000133. The number of carbonyl (C=O) groups excluding carboxylic acids is 1. The average molecular weight is 131 g/mol. The summed E-state index contributed by atoms with van der Waals surface area (Å²) in [6.07, 6.45) is 0. The van der Waals surface area contributed by atoms with Gasteiger partial charge in [0.25, 0.3) is 0 Å². The van der Waals surface area contributed by atoms with Gasteiger partial charge < -0.3 is 4.79 Å². The minimum atomic E-state index is 0. The van der Waals surface area contributed by atoms with Gasteiger partial charge in [0, 0.05) is 0 Å². The van der Waals surface area contributed by atoms with Gasteiger partial charge in [-0.25, -0.2) is 0 Å². The van der Waals surface area contributed by atoms with Crippen molar-refractivity contribution in [3.8, 4) is 0 Å². The van der Waals surface area contributed by atoms with Crippen molar-refractivity contribution < 1.29 is 23.5 Å². The van der Waals surface area contributed by atoms with Crippen molar-refractivity contribution >= 4 is 16.5 Å². The molecule has 0 saturated heterocycles. The number of halogens is 1. The van der Waals surface area contributed by atoms with Gasteiger partial charge in [-0.3, -0.25) is 6.79 Å². The van der Waals surface area contributed by atoms with Crippen LogP contribution in [0, 0.1) is 0 Å². The zero-order chi connectivity index (χ0) is 4.00. The summed E-state index contributed by atoms with van der Waals surface area (Å²) >= 11 is 0.847. The van der Waals surface area contributed by atoms with Crippen LogP contribution in [0.1, 0.15) is 1.43 Å². The summed E-state index contributed by atoms with van der Waals surface area (Å²) in [5, 5.41) is 0. The molecule has 0 spiro atoms. The summed E-state index contributed by atoms with van der Waals surface area (Å²) in [5.41, 5.74) is 0. The van der Waals surface area contributed by atoms with E-state index in [0.717, 1.165) is 17.3 Å². The monoisotopic (exact) mass is 129 g/mol. The second kappa shape index (κ2) is 70.3. The molecule has 0 unspecified atom stereocenters. The van der Waals surface area contributed by atoms with Gasteiger partial charge in [0.05, 0.1) is 0 Å². The molecule has 0 radical (unpaired) electrons. The molecule has 0 aliphatic carbocycles. The first-order valence-corrected chi connectivity index (χ1v) is 4.40. The Labute approximate surface area is 40.5 Å². The van der Waals surface area contributed by atoms with Crippen LogP contribution >= 0.6 is 9.69 Å². The fourth-order valence-corrected chi connectivity index (χ4v) is 0. The van der Waals surface area contributed by atoms with Gasteiger partial charge in [-0.05, 0) is 0 Å². The quantitative estimate of drug-likeness (QED) is 0.266. The molecule has 0 heterocycles. The van der Waals surface area contributed by atoms with Crippen molar-refractivity contribution in [2.75, 3.05) is 0 Å². The largest absolute Gasteiger partial charge is 1.00 e. The van der Waals surface area contributed by atoms with Gasteiger partial charge in [-0.15, -0.1) is 0 Å². The van der Waals surface area contributed by atoms with Gasteiger partial charge >= 0.3 is 28.4 Å². The normalized spacial score (nSPS) is 2.75. The molecule has 0 bridgehead atoms. The molecule has 0 amide bonds. The van der Waals surface area contributed by atoms with E-state index in [0.29, 0.717) is 0 Å². The molecule has 4 heavy (non-hydrogen) atoms. The fourth-order valence-electron chi connectivity index (χ4n) is 0. The van der Waals surface area contributed by atoms with E-state index in [1.54, 1.807) is 0 Å². The van der Waals surface area contributed by atoms with Gasteiger partial charge in [0.1, 0.15) is 0 Å². The van der Waals surface area contributed by atoms with Crippen LogP contribution in [0.15, 0.2) is 0 Å². The molecule has 0 N–H and O–H groups in total. The van der Waals surface area contributed by atoms with Crippen molar-refractivity contribution in [2.24, 2.45) is 0 Å². The molecule has 0 atom stereocenters. The van der Waals surface area contributed by atoms with Crippen LogP contribution in [0.4, 0.5) is 0 Å². The summed E-state index contributed by atoms with van der Waals surface area (Å²) in [6.45, 7) is 3.25. The molecule has 0 aromatic carbocycles. The number of hydrogen-bond acceptors (Lipinski definition) is 1. The molecule has 0 aliphatic heterocycles. The number of hydrogen-bond donors (Lipinski definition) is 0. The standard InChI is InChI=1S/CHO.ClH.Zn/c1-2;;/h1H;1H;/q-1;;+2. The smallest absolute Gasteiger partial charge is 1.00 e. The van der Waals surface area contributed by atoms with E-state index in [-0.39, 0.29) is 1.43 Å². The van der Waals surface area contributed by atoms with Crippen LogP contribution in [-0.4, -0.2) is 6.79 Å². The Morgan fingerprint density at radius 1 is 1.75 bits per heavy atom. The van der Waals surface area contributed by atoms with Crippen molar-refractivity contribution in [1.29, 1.82) is 0 Å². The predicted molar refractivity (Wildman–Crippen MR) is 13.7 cm³/mol. The molecule has 3 heteroatoms.